The van der Waals surface area contributed by atoms with Gasteiger partial charge in [-0.1, -0.05) is 13.3 Å². The molecule has 10 heavy (non-hydrogen) atoms. The lowest BCUT2D eigenvalue weighted by molar-refractivity contribution is -0.114. The molecule has 0 aliphatic heterocycles. The highest BCUT2D eigenvalue weighted by atomic mass is 32.1. The number of rotatable bonds is 4. The van der Waals surface area contributed by atoms with Gasteiger partial charge in [0.2, 0.25) is 5.12 Å². The maximum atomic E-state index is 10.4. The molecular formula is C6H13NO2S. The lowest BCUT2D eigenvalue weighted by Gasteiger charge is -2.13. The molecule has 2 unspecified atom stereocenters. The molecule has 4 heteroatoms. The Kier molecular flexibility index (Phi) is 4.68. The summed E-state index contributed by atoms with van der Waals surface area (Å²) in [7, 11) is 0. The van der Waals surface area contributed by atoms with Crippen molar-refractivity contribution in [3.8, 4) is 0 Å². The normalized spacial score (nSPS) is 16.4. The zero-order chi connectivity index (χ0) is 8.15. The zero-order valence-corrected chi connectivity index (χ0v) is 6.84. The molecule has 0 radical (unpaired) electrons. The molecular weight excluding hydrogens is 150 g/mol. The lowest BCUT2D eigenvalue weighted by atomic mass is 10.1. The van der Waals surface area contributed by atoms with Crippen molar-refractivity contribution in [2.24, 2.45) is 5.73 Å². The van der Waals surface area contributed by atoms with Crippen molar-refractivity contribution in [3.63, 3.8) is 0 Å². The minimum atomic E-state index is -0.830. The first-order valence-corrected chi connectivity index (χ1v) is 3.70. The van der Waals surface area contributed by atoms with Crippen molar-refractivity contribution < 1.29 is 9.90 Å². The van der Waals surface area contributed by atoms with Crippen LogP contribution in [0.4, 0.5) is 0 Å². The van der Waals surface area contributed by atoms with E-state index in [1.54, 1.807) is 0 Å². The highest BCUT2D eigenvalue weighted by molar-refractivity contribution is 7.96. The fourth-order valence-electron chi connectivity index (χ4n) is 0.640. The molecule has 0 spiro atoms. The third-order valence-electron chi connectivity index (χ3n) is 1.28. The van der Waals surface area contributed by atoms with Crippen LogP contribution in [0.2, 0.25) is 0 Å². The summed E-state index contributed by atoms with van der Waals surface area (Å²) in [5, 5.41) is 8.64. The summed E-state index contributed by atoms with van der Waals surface area (Å²) < 4.78 is 0. The zero-order valence-electron chi connectivity index (χ0n) is 5.95. The van der Waals surface area contributed by atoms with Crippen molar-refractivity contribution >= 4 is 17.7 Å². The third kappa shape index (κ3) is 3.20. The van der Waals surface area contributed by atoms with E-state index in [-0.39, 0.29) is 0 Å². The predicted octanol–water partition coefficient (Wildman–Crippen LogP) is -0.0689. The molecule has 2 atom stereocenters. The minimum absolute atomic E-state index is 0.457. The van der Waals surface area contributed by atoms with E-state index in [9.17, 15) is 4.79 Å². The van der Waals surface area contributed by atoms with E-state index in [0.717, 1.165) is 6.42 Å². The summed E-state index contributed by atoms with van der Waals surface area (Å²) >= 11 is 3.50. The van der Waals surface area contributed by atoms with Crippen LogP contribution in [0.5, 0.6) is 0 Å². The molecule has 0 heterocycles. The second-order valence-corrected chi connectivity index (χ2v) is 2.66. The summed E-state index contributed by atoms with van der Waals surface area (Å²) in [6.07, 6.45) is 0.624. The van der Waals surface area contributed by atoms with Crippen LogP contribution in [0.15, 0.2) is 0 Å². The number of aliphatic hydroxyl groups is 1. The van der Waals surface area contributed by atoms with Crippen molar-refractivity contribution in [1.82, 2.24) is 0 Å². The third-order valence-corrected chi connectivity index (χ3v) is 1.58. The van der Waals surface area contributed by atoms with Gasteiger partial charge in [0.15, 0.2) is 0 Å². The molecule has 60 valence electrons. The van der Waals surface area contributed by atoms with Gasteiger partial charge in [-0.05, 0) is 6.42 Å². The van der Waals surface area contributed by atoms with Crippen molar-refractivity contribution in [2.45, 2.75) is 31.9 Å². The number of hydrogen-bond donors (Lipinski definition) is 3. The standard InChI is InChI=1S/C6H13NO2S/c1-2-3-4(8)5(7)6(9)10/h4-5,8H,2-3,7H2,1H3,(H,9,10). The first-order valence-electron chi connectivity index (χ1n) is 3.26. The Bertz CT molecular complexity index is 118. The van der Waals surface area contributed by atoms with E-state index >= 15 is 0 Å². The van der Waals surface area contributed by atoms with Crippen LogP contribution in [-0.2, 0) is 4.79 Å². The Hall–Kier alpha value is -0.0600. The Balaban J connectivity index is 3.69. The van der Waals surface area contributed by atoms with Gasteiger partial charge in [0.05, 0.1) is 6.10 Å². The van der Waals surface area contributed by atoms with Gasteiger partial charge in [-0.3, -0.25) is 4.79 Å². The monoisotopic (exact) mass is 163 g/mol. The van der Waals surface area contributed by atoms with Gasteiger partial charge < -0.3 is 10.8 Å². The molecule has 0 aromatic rings. The first kappa shape index (κ1) is 9.94. The second-order valence-electron chi connectivity index (χ2n) is 2.22. The molecule has 0 aromatic heterocycles. The van der Waals surface area contributed by atoms with Crippen LogP contribution in [0, 0.1) is 0 Å². The molecule has 0 saturated heterocycles. The van der Waals surface area contributed by atoms with E-state index in [1.807, 2.05) is 6.92 Å². The number of carbonyl (C=O) groups is 1. The van der Waals surface area contributed by atoms with E-state index in [0.29, 0.717) is 6.42 Å². The molecule has 0 aromatic carbocycles. The number of thiol groups is 1. The topological polar surface area (TPSA) is 63.3 Å². The molecule has 0 amide bonds. The maximum Gasteiger partial charge on any atom is 0.205 e. The molecule has 0 rings (SSSR count). The summed E-state index contributed by atoms with van der Waals surface area (Å²) in [4.78, 5) is 10.4. The average molecular weight is 163 g/mol. The average Bonchev–Trinajstić information content (AvgIpc) is 1.87. The van der Waals surface area contributed by atoms with Gasteiger partial charge in [-0.25, -0.2) is 0 Å². The number of hydrogen-bond acceptors (Lipinski definition) is 3. The van der Waals surface area contributed by atoms with Crippen LogP contribution in [0.3, 0.4) is 0 Å². The molecule has 0 aliphatic rings. The Morgan fingerprint density at radius 1 is 1.80 bits per heavy atom. The largest absolute Gasteiger partial charge is 0.391 e. The molecule has 0 aliphatic carbocycles. The van der Waals surface area contributed by atoms with Gasteiger partial charge in [0.25, 0.3) is 0 Å². The second kappa shape index (κ2) is 4.71. The summed E-state index contributed by atoms with van der Waals surface area (Å²) in [6, 6.07) is -0.830. The summed E-state index contributed by atoms with van der Waals surface area (Å²) in [6.45, 7) is 1.92. The van der Waals surface area contributed by atoms with Crippen LogP contribution in [-0.4, -0.2) is 22.4 Å². The molecule has 3 N–H and O–H groups in total. The highest BCUT2D eigenvalue weighted by Crippen LogP contribution is 2.02. The van der Waals surface area contributed by atoms with Gasteiger partial charge in [0.1, 0.15) is 6.04 Å². The van der Waals surface area contributed by atoms with E-state index in [2.05, 4.69) is 12.6 Å². The van der Waals surface area contributed by atoms with Gasteiger partial charge in [0, 0.05) is 0 Å². The fraction of sp³-hybridized carbons (Fsp3) is 0.833. The SMILES string of the molecule is CCCC(O)C(N)C(=O)S. The highest BCUT2D eigenvalue weighted by Gasteiger charge is 2.18. The molecule has 0 fully saturated rings. The van der Waals surface area contributed by atoms with Crippen molar-refractivity contribution in [3.05, 3.63) is 0 Å². The summed E-state index contributed by atoms with van der Waals surface area (Å²) in [5.74, 6) is 0. The Morgan fingerprint density at radius 2 is 2.30 bits per heavy atom. The predicted molar refractivity (Wildman–Crippen MR) is 42.9 cm³/mol. The Morgan fingerprint density at radius 3 is 2.60 bits per heavy atom. The number of aliphatic hydroxyl groups excluding tert-OH is 1. The number of carbonyl (C=O) groups excluding carboxylic acids is 1. The minimum Gasteiger partial charge on any atom is -0.391 e. The van der Waals surface area contributed by atoms with Gasteiger partial charge >= 0.3 is 0 Å². The van der Waals surface area contributed by atoms with Crippen LogP contribution in [0.1, 0.15) is 19.8 Å². The number of nitrogens with two attached hydrogens (primary N) is 1. The quantitative estimate of drug-likeness (QED) is 0.508. The molecule has 3 nitrogen and oxygen atoms in total. The van der Waals surface area contributed by atoms with Crippen LogP contribution < -0.4 is 5.73 Å². The lowest BCUT2D eigenvalue weighted by Crippen LogP contribution is -2.39. The van der Waals surface area contributed by atoms with Crippen LogP contribution >= 0.6 is 12.6 Å². The van der Waals surface area contributed by atoms with Crippen LogP contribution in [0.25, 0.3) is 0 Å². The van der Waals surface area contributed by atoms with E-state index in [1.165, 1.54) is 0 Å². The maximum absolute atomic E-state index is 10.4. The fourth-order valence-corrected chi connectivity index (χ4v) is 0.812. The Labute approximate surface area is 66.0 Å². The smallest absolute Gasteiger partial charge is 0.205 e. The van der Waals surface area contributed by atoms with E-state index in [4.69, 9.17) is 10.8 Å². The van der Waals surface area contributed by atoms with Crippen molar-refractivity contribution in [2.75, 3.05) is 0 Å². The van der Waals surface area contributed by atoms with Gasteiger partial charge in [-0.2, -0.15) is 0 Å². The molecule has 0 bridgehead atoms. The summed E-state index contributed by atoms with van der Waals surface area (Å²) in [5.41, 5.74) is 5.27. The van der Waals surface area contributed by atoms with Gasteiger partial charge in [-0.15, -0.1) is 12.6 Å². The molecule has 0 saturated carbocycles. The van der Waals surface area contributed by atoms with E-state index < -0.39 is 17.3 Å². The van der Waals surface area contributed by atoms with Crippen molar-refractivity contribution in [1.29, 1.82) is 0 Å². The first-order chi connectivity index (χ1) is 4.59.